The number of nitrogens with zero attached hydrogens (tertiary/aromatic N) is 2. The highest BCUT2D eigenvalue weighted by atomic mass is 79.9. The largest absolute Gasteiger partial charge is 0.467 e. The molecular formula is C25H36BBr2N3O7. The summed E-state index contributed by atoms with van der Waals surface area (Å²) >= 11 is 6.71. The second-order valence-electron chi connectivity index (χ2n) is 8.53. The zero-order chi connectivity index (χ0) is 28.7. The van der Waals surface area contributed by atoms with E-state index in [0.717, 1.165) is 20.1 Å². The number of aliphatic hydroxyl groups excluding tert-OH is 2. The maximum atomic E-state index is 11.3. The number of halogens is 2. The molecule has 2 aromatic rings. The minimum absolute atomic E-state index is 0.0366. The molecule has 2 rings (SSSR count). The molecule has 0 amide bonds. The number of hydrazine groups is 1. The van der Waals surface area contributed by atoms with Gasteiger partial charge in [0.25, 0.3) is 6.92 Å². The average Bonchev–Trinajstić information content (AvgIpc) is 2.86. The van der Waals surface area contributed by atoms with Crippen LogP contribution in [-0.4, -0.2) is 89.5 Å². The van der Waals surface area contributed by atoms with E-state index in [0.29, 0.717) is 19.5 Å². The van der Waals surface area contributed by atoms with Gasteiger partial charge in [-0.25, -0.2) is 14.6 Å². The summed E-state index contributed by atoms with van der Waals surface area (Å²) in [4.78, 5) is 24.3. The smallest absolute Gasteiger partial charge is 0.336 e. The predicted molar refractivity (Wildman–Crippen MR) is 153 cm³/mol. The van der Waals surface area contributed by atoms with E-state index in [-0.39, 0.29) is 19.7 Å². The summed E-state index contributed by atoms with van der Waals surface area (Å²) in [6.45, 7) is 4.19. The van der Waals surface area contributed by atoms with E-state index in [2.05, 4.69) is 36.6 Å². The Morgan fingerprint density at radius 3 is 1.84 bits per heavy atom. The van der Waals surface area contributed by atoms with Crippen molar-refractivity contribution in [3.05, 3.63) is 68.6 Å². The third kappa shape index (κ3) is 14.4. The van der Waals surface area contributed by atoms with Gasteiger partial charge in [0.05, 0.1) is 20.3 Å². The third-order valence-corrected chi connectivity index (χ3v) is 6.07. The third-order valence-electron chi connectivity index (χ3n) is 5.01. The van der Waals surface area contributed by atoms with Crippen LogP contribution >= 0.6 is 31.9 Å². The van der Waals surface area contributed by atoms with Gasteiger partial charge in [-0.05, 0) is 42.3 Å². The molecule has 0 aliphatic rings. The van der Waals surface area contributed by atoms with Gasteiger partial charge in [0.1, 0.15) is 0 Å². The first-order valence-electron chi connectivity index (χ1n) is 11.9. The Kier molecular flexibility index (Phi) is 16.6. The zero-order valence-electron chi connectivity index (χ0n) is 21.8. The van der Waals surface area contributed by atoms with Crippen LogP contribution in [0.5, 0.6) is 0 Å². The van der Waals surface area contributed by atoms with Gasteiger partial charge in [-0.15, -0.1) is 0 Å². The number of esters is 2. The van der Waals surface area contributed by atoms with Crippen LogP contribution in [0.3, 0.4) is 0 Å². The van der Waals surface area contributed by atoms with Gasteiger partial charge in [-0.3, -0.25) is 5.84 Å². The van der Waals surface area contributed by atoms with Crippen molar-refractivity contribution in [1.29, 1.82) is 0 Å². The molecule has 0 saturated heterocycles. The van der Waals surface area contributed by atoms with Gasteiger partial charge in [-0.1, -0.05) is 62.9 Å². The molecule has 0 heterocycles. The number of carbonyl (C=O) groups excluding carboxylic acids is 2. The Bertz CT molecular complexity index is 968. The first-order chi connectivity index (χ1) is 17.9. The fourth-order valence-electron chi connectivity index (χ4n) is 3.30. The van der Waals surface area contributed by atoms with Gasteiger partial charge < -0.3 is 29.6 Å². The summed E-state index contributed by atoms with van der Waals surface area (Å²) in [5.41, 5.74) is 2.03. The van der Waals surface area contributed by atoms with E-state index in [1.165, 1.54) is 12.1 Å². The average molecular weight is 661 g/mol. The van der Waals surface area contributed by atoms with Crippen molar-refractivity contribution in [3.8, 4) is 0 Å². The predicted octanol–water partition coefficient (Wildman–Crippen LogP) is 1.99. The number of hydrogen-bond donors (Lipinski definition) is 4. The number of carbonyl (C=O) groups is 2. The van der Waals surface area contributed by atoms with E-state index in [1.54, 1.807) is 13.7 Å². The lowest BCUT2D eigenvalue weighted by Gasteiger charge is -2.24. The van der Waals surface area contributed by atoms with Crippen molar-refractivity contribution in [1.82, 2.24) is 9.91 Å². The molecule has 0 saturated carbocycles. The van der Waals surface area contributed by atoms with Crippen LogP contribution in [0.15, 0.2) is 57.5 Å². The molecule has 0 aromatic heterocycles. The van der Waals surface area contributed by atoms with Gasteiger partial charge in [0.15, 0.2) is 12.2 Å². The van der Waals surface area contributed by atoms with Crippen LogP contribution in [0.4, 0.5) is 0 Å². The number of benzene rings is 2. The zero-order valence-corrected chi connectivity index (χ0v) is 25.0. The molecule has 0 spiro atoms. The molecule has 38 heavy (non-hydrogen) atoms. The highest BCUT2D eigenvalue weighted by molar-refractivity contribution is 9.10. The van der Waals surface area contributed by atoms with E-state index < -0.39 is 31.1 Å². The molecule has 2 unspecified atom stereocenters. The highest BCUT2D eigenvalue weighted by Crippen LogP contribution is 2.13. The summed E-state index contributed by atoms with van der Waals surface area (Å²) in [7, 11) is 1.24. The maximum absolute atomic E-state index is 11.3. The first-order valence-corrected chi connectivity index (χ1v) is 13.5. The fourth-order valence-corrected chi connectivity index (χ4v) is 3.83. The van der Waals surface area contributed by atoms with Crippen LogP contribution in [0, 0.1) is 0 Å². The number of aliphatic hydroxyl groups is 2. The molecular weight excluding hydrogens is 625 g/mol. The normalized spacial score (nSPS) is 12.4. The van der Waals surface area contributed by atoms with Crippen molar-refractivity contribution < 1.29 is 34.3 Å². The van der Waals surface area contributed by atoms with E-state index in [9.17, 15) is 24.8 Å². The Morgan fingerprint density at radius 2 is 1.39 bits per heavy atom. The number of nitrogens with two attached hydrogens (primary N) is 1. The first kappa shape index (κ1) is 34.2. The summed E-state index contributed by atoms with van der Waals surface area (Å²) < 4.78 is 11.2. The summed E-state index contributed by atoms with van der Waals surface area (Å²) in [5, 5.41) is 30.1. The molecule has 0 aliphatic heterocycles. The molecule has 0 radical (unpaired) electrons. The molecule has 210 valence electrons. The van der Waals surface area contributed by atoms with Crippen LogP contribution in [0.1, 0.15) is 18.1 Å². The second-order valence-corrected chi connectivity index (χ2v) is 10.4. The minimum Gasteiger partial charge on any atom is -0.467 e. The van der Waals surface area contributed by atoms with Crippen molar-refractivity contribution in [2.45, 2.75) is 39.0 Å². The van der Waals surface area contributed by atoms with E-state index in [4.69, 9.17) is 10.6 Å². The molecule has 13 heteroatoms. The molecule has 10 nitrogen and oxygen atoms in total. The topological polar surface area (TPSA) is 146 Å². The van der Waals surface area contributed by atoms with Crippen molar-refractivity contribution in [3.63, 3.8) is 0 Å². The number of hydrogen-bond acceptors (Lipinski definition) is 10. The summed E-state index contributed by atoms with van der Waals surface area (Å²) in [6, 6.07) is 15.4. The maximum Gasteiger partial charge on any atom is 0.336 e. The summed E-state index contributed by atoms with van der Waals surface area (Å²) in [6.07, 6.45) is -2.07. The lowest BCUT2D eigenvalue weighted by atomic mass is 9.71. The van der Waals surface area contributed by atoms with Crippen molar-refractivity contribution in [2.24, 2.45) is 5.84 Å². The van der Waals surface area contributed by atoms with Crippen LogP contribution < -0.4 is 5.84 Å². The van der Waals surface area contributed by atoms with Crippen molar-refractivity contribution >= 4 is 50.7 Å². The molecule has 2 aromatic carbocycles. The number of rotatable bonds is 13. The molecule has 5 N–H and O–H groups in total. The van der Waals surface area contributed by atoms with Gasteiger partial charge in [0, 0.05) is 35.0 Å². The van der Waals surface area contributed by atoms with Gasteiger partial charge in [0.2, 0.25) is 0 Å². The lowest BCUT2D eigenvalue weighted by Crippen LogP contribution is -2.41. The van der Waals surface area contributed by atoms with Gasteiger partial charge in [-0.2, -0.15) is 0 Å². The monoisotopic (exact) mass is 659 g/mol. The van der Waals surface area contributed by atoms with E-state index in [1.807, 2.05) is 53.4 Å². The Morgan fingerprint density at radius 1 is 0.921 bits per heavy atom. The Labute approximate surface area is 241 Å². The molecule has 0 fully saturated rings. The quantitative estimate of drug-likeness (QED) is 0.109. The van der Waals surface area contributed by atoms with Crippen LogP contribution in [0.2, 0.25) is 6.82 Å². The van der Waals surface area contributed by atoms with Crippen molar-refractivity contribution in [2.75, 3.05) is 33.3 Å². The molecule has 0 bridgehead atoms. The standard InChI is InChI=1S/C13H19BBrNO4.C12H17BrN2O3/c1-14(19)9-16(8-12(17)13(18)20-2)7-10-3-5-11(15)6-4-10;1-2-18-12(17)11(16)8-15(14)7-9-3-5-10(13)6-4-9/h3-6,12,17,19H,7-9H2,1-2H3;3-6,11,16H,2,7-8,14H2,1H3. The lowest BCUT2D eigenvalue weighted by molar-refractivity contribution is -0.154. The Hall–Kier alpha value is -1.84. The van der Waals surface area contributed by atoms with E-state index >= 15 is 0 Å². The highest BCUT2D eigenvalue weighted by Gasteiger charge is 2.22. The summed E-state index contributed by atoms with van der Waals surface area (Å²) in [5.74, 6) is 4.41. The molecule has 0 aliphatic carbocycles. The minimum atomic E-state index is -1.22. The number of methoxy groups -OCH3 is 1. The van der Waals surface area contributed by atoms with Crippen LogP contribution in [-0.2, 0) is 32.2 Å². The Balaban J connectivity index is 0.000000382. The number of ether oxygens (including phenoxy) is 2. The second kappa shape index (κ2) is 18.5. The van der Waals surface area contributed by atoms with Gasteiger partial charge >= 0.3 is 11.9 Å². The fraction of sp³-hybridized carbons (Fsp3) is 0.440. The molecule has 2 atom stereocenters. The SMILES string of the molecule is CCOC(=O)C(O)CN(N)Cc1ccc(Br)cc1.COC(=O)C(O)CN(CB(C)O)Cc1ccc(Br)cc1. The van der Waals surface area contributed by atoms with Crippen LogP contribution in [0.25, 0.3) is 0 Å².